The van der Waals surface area contributed by atoms with Gasteiger partial charge in [0.1, 0.15) is 6.61 Å². The second-order valence-corrected chi connectivity index (χ2v) is 5.23. The third-order valence-corrected chi connectivity index (χ3v) is 3.29. The smallest absolute Gasteiger partial charge is 0.407 e. The SMILES string of the molecule is [2H]c1c(CCN(C)C)c2cc(C([2H])([2H])[C@@]3([2H])COC(=O)N3[2H])ccc2n1[2H]. The Bertz CT molecular complexity index is 900. The molecule has 0 saturated carbocycles. The lowest BCUT2D eigenvalue weighted by atomic mass is 10.0. The Morgan fingerprint density at radius 3 is 3.19 bits per heavy atom. The van der Waals surface area contributed by atoms with Gasteiger partial charge in [-0.05, 0) is 50.1 Å². The van der Waals surface area contributed by atoms with E-state index in [0.717, 1.165) is 4.98 Å². The van der Waals surface area contributed by atoms with Gasteiger partial charge in [0.25, 0.3) is 0 Å². The molecular formula is C16H21N3O2. The van der Waals surface area contributed by atoms with Gasteiger partial charge in [-0.25, -0.2) is 4.79 Å². The molecule has 1 fully saturated rings. The molecule has 2 aromatic rings. The number of likely N-dealkylation sites (N-methyl/N-ethyl adjacent to an activating group) is 1. The second-order valence-electron chi connectivity index (χ2n) is 5.23. The molecular weight excluding hydrogens is 266 g/mol. The number of hydrogen-bond donors (Lipinski definition) is 2. The summed E-state index contributed by atoms with van der Waals surface area (Å²) >= 11 is 0. The van der Waals surface area contributed by atoms with Gasteiger partial charge in [-0.3, -0.25) is 0 Å². The summed E-state index contributed by atoms with van der Waals surface area (Å²) in [5.41, 5.74) is 1.18. The van der Waals surface area contributed by atoms with Gasteiger partial charge in [-0.15, -0.1) is 0 Å². The fourth-order valence-electron chi connectivity index (χ4n) is 2.20. The summed E-state index contributed by atoms with van der Waals surface area (Å²) < 4.78 is 53.9. The summed E-state index contributed by atoms with van der Waals surface area (Å²) in [7, 11) is 3.80. The highest BCUT2D eigenvalue weighted by molar-refractivity contribution is 5.84. The van der Waals surface area contributed by atoms with E-state index in [1.54, 1.807) is 0 Å². The molecule has 1 aliphatic rings. The molecule has 0 radical (unpaired) electrons. The minimum absolute atomic E-state index is 0.0339. The summed E-state index contributed by atoms with van der Waals surface area (Å²) in [6, 6.07) is 2.24. The normalized spacial score (nSPS) is 27.0. The molecule has 3 rings (SSSR count). The van der Waals surface area contributed by atoms with Gasteiger partial charge in [0.2, 0.25) is 0 Å². The maximum Gasteiger partial charge on any atom is 0.407 e. The molecule has 2 N–H and O–H groups in total. The van der Waals surface area contributed by atoms with E-state index in [1.807, 2.05) is 19.0 Å². The number of benzene rings is 1. The average Bonchev–Trinajstić information content (AvgIpc) is 3.02. The molecule has 0 spiro atoms. The van der Waals surface area contributed by atoms with Gasteiger partial charge in [0.15, 0.2) is 2.82 Å². The van der Waals surface area contributed by atoms with E-state index in [9.17, 15) is 4.79 Å². The van der Waals surface area contributed by atoms with Crippen molar-refractivity contribution in [2.75, 3.05) is 27.2 Å². The third kappa shape index (κ3) is 3.19. The zero-order chi connectivity index (χ0) is 20.1. The lowest BCUT2D eigenvalue weighted by Gasteiger charge is -2.09. The Morgan fingerprint density at radius 1 is 1.62 bits per heavy atom. The van der Waals surface area contributed by atoms with E-state index in [0.29, 0.717) is 29.4 Å². The predicted octanol–water partition coefficient (Wildman–Crippen LogP) is 1.92. The maximum absolute atomic E-state index is 11.5. The predicted molar refractivity (Wildman–Crippen MR) is 82.5 cm³/mol. The van der Waals surface area contributed by atoms with E-state index >= 15 is 0 Å². The standard InChI is InChI=1S/C16H21N3O2/c1-19(2)6-5-12-9-17-15-4-3-11(8-14(12)15)7-13-10-21-16(20)18-13/h3-4,8-9,13,17H,5-7,10H2,1-2H3,(H,18,20)/t13-/m0/s1/i7D2,9D,13D/hD2. The van der Waals surface area contributed by atoms with Crippen LogP contribution in [-0.2, 0) is 17.5 Å². The topological polar surface area (TPSA) is 57.4 Å². The van der Waals surface area contributed by atoms with Gasteiger partial charge in [0, 0.05) is 26.4 Å². The van der Waals surface area contributed by atoms with Crippen molar-refractivity contribution in [3.63, 3.8) is 0 Å². The van der Waals surface area contributed by atoms with Crippen LogP contribution >= 0.6 is 0 Å². The van der Waals surface area contributed by atoms with Crippen molar-refractivity contribution in [3.05, 3.63) is 35.5 Å². The first kappa shape index (κ1) is 8.44. The highest BCUT2D eigenvalue weighted by Gasteiger charge is 2.22. The van der Waals surface area contributed by atoms with Crippen LogP contribution in [-0.4, -0.2) is 49.2 Å². The van der Waals surface area contributed by atoms with Crippen molar-refractivity contribution in [3.8, 4) is 0 Å². The molecule has 1 aromatic carbocycles. The van der Waals surface area contributed by atoms with E-state index < -0.39 is 25.1 Å². The van der Waals surface area contributed by atoms with Crippen LogP contribution in [0.25, 0.3) is 10.9 Å². The number of cyclic esters (lactones) is 1. The Labute approximate surface area is 132 Å². The average molecular weight is 293 g/mol. The molecule has 5 nitrogen and oxygen atoms in total. The molecule has 21 heavy (non-hydrogen) atoms. The number of aromatic nitrogens is 1. The summed E-state index contributed by atoms with van der Waals surface area (Å²) in [4.78, 5) is 14.5. The minimum atomic E-state index is -2.39. The van der Waals surface area contributed by atoms with Gasteiger partial charge in [-0.2, -0.15) is 0 Å². The number of alkyl carbamates (subject to hydrolysis) is 1. The van der Waals surface area contributed by atoms with Crippen LogP contribution < -0.4 is 5.31 Å². The van der Waals surface area contributed by atoms with Crippen molar-refractivity contribution in [2.45, 2.75) is 18.8 Å². The number of aromatic amines is 1. The van der Waals surface area contributed by atoms with Crippen molar-refractivity contribution in [1.29, 1.82) is 0 Å². The molecule has 1 aliphatic heterocycles. The Hall–Kier alpha value is -2.01. The largest absolute Gasteiger partial charge is 0.447 e. The number of carbonyl (C=O) groups excluding carboxylic acids is 1. The summed E-state index contributed by atoms with van der Waals surface area (Å²) in [6.07, 6.45) is -2.90. The number of nitrogens with zero attached hydrogens (tertiary/aromatic N) is 1. The van der Waals surface area contributed by atoms with Crippen LogP contribution in [0.1, 0.15) is 16.6 Å². The van der Waals surface area contributed by atoms with Crippen LogP contribution in [0.5, 0.6) is 0 Å². The molecule has 1 aromatic heterocycles. The van der Waals surface area contributed by atoms with Crippen molar-refractivity contribution < 1.29 is 17.8 Å². The number of rotatable bonds is 5. The van der Waals surface area contributed by atoms with Crippen molar-refractivity contribution in [1.82, 2.24) is 15.2 Å². The van der Waals surface area contributed by atoms with Gasteiger partial charge in [-0.1, -0.05) is 6.07 Å². The summed E-state index contributed by atoms with van der Waals surface area (Å²) in [5, 5.41) is 0.777. The molecule has 112 valence electrons. The fraction of sp³-hybridized carbons (Fsp3) is 0.438. The van der Waals surface area contributed by atoms with E-state index in [4.69, 9.17) is 13.0 Å². The van der Waals surface area contributed by atoms with Crippen LogP contribution in [0, 0.1) is 0 Å². The first-order valence-corrected chi connectivity index (χ1v) is 6.75. The van der Waals surface area contributed by atoms with Crippen molar-refractivity contribution >= 4 is 17.0 Å². The van der Waals surface area contributed by atoms with Crippen LogP contribution in [0.15, 0.2) is 24.4 Å². The number of fused-ring (bicyclic) bond motifs is 1. The second kappa shape index (κ2) is 5.77. The zero-order valence-electron chi connectivity index (χ0n) is 18.0. The molecule has 1 amide bonds. The first-order chi connectivity index (χ1) is 12.5. The molecule has 1 atom stereocenters. The van der Waals surface area contributed by atoms with E-state index in [1.165, 1.54) is 18.2 Å². The molecule has 1 saturated heterocycles. The van der Waals surface area contributed by atoms with Gasteiger partial charge in [0.05, 0.1) is 8.76 Å². The quantitative estimate of drug-likeness (QED) is 0.885. The Morgan fingerprint density at radius 2 is 2.48 bits per heavy atom. The van der Waals surface area contributed by atoms with Gasteiger partial charge >= 0.3 is 6.09 Å². The molecule has 0 aliphatic carbocycles. The molecule has 2 heterocycles. The summed E-state index contributed by atoms with van der Waals surface area (Å²) in [5.74, 6) is 0. The zero-order valence-corrected chi connectivity index (χ0v) is 12.0. The highest BCUT2D eigenvalue weighted by Crippen LogP contribution is 2.21. The Kier molecular flexibility index (Phi) is 2.32. The van der Waals surface area contributed by atoms with E-state index in [2.05, 4.69) is 0 Å². The lowest BCUT2D eigenvalue weighted by Crippen LogP contribution is -2.28. The monoisotopic (exact) mass is 293 g/mol. The van der Waals surface area contributed by atoms with Crippen LogP contribution in [0.3, 0.4) is 0 Å². The lowest BCUT2D eigenvalue weighted by molar-refractivity contribution is 0.177. The van der Waals surface area contributed by atoms with Gasteiger partial charge < -0.3 is 19.9 Å². The number of nitrogens with one attached hydrogen (secondary N) is 2. The maximum atomic E-state index is 11.5. The molecule has 0 bridgehead atoms. The fourth-order valence-corrected chi connectivity index (χ4v) is 2.20. The number of amides is 1. The molecule has 0 unspecified atom stereocenters. The van der Waals surface area contributed by atoms with Crippen LogP contribution in [0.4, 0.5) is 4.79 Å². The van der Waals surface area contributed by atoms with Crippen LogP contribution in [0.2, 0.25) is 2.82 Å². The number of hydrogen-bond acceptors (Lipinski definition) is 3. The Balaban J connectivity index is 2.10. The first-order valence-electron chi connectivity index (χ1n) is 9.64. The van der Waals surface area contributed by atoms with E-state index in [-0.39, 0.29) is 17.0 Å². The number of H-pyrrole nitrogens is 1. The summed E-state index contributed by atoms with van der Waals surface area (Å²) in [6.45, 7) is 0.102. The number of ether oxygens (including phenoxy) is 1. The highest BCUT2D eigenvalue weighted by atomic mass is 16.6. The third-order valence-electron chi connectivity index (χ3n) is 3.29. The molecule has 5 heteroatoms. The van der Waals surface area contributed by atoms with Crippen molar-refractivity contribution in [2.24, 2.45) is 0 Å². The minimum Gasteiger partial charge on any atom is -0.447 e. The number of carbonyl (C=O) groups is 1.